The minimum Gasteiger partial charge on any atom is -0.298 e. The molecular weight excluding hydrogens is 279 g/mol. The highest BCUT2D eigenvalue weighted by Gasteiger charge is 2.16. The number of aromatic nitrogens is 1. The maximum Gasteiger partial charge on any atom is 0.265 e. The third-order valence-corrected chi connectivity index (χ3v) is 2.49. The first kappa shape index (κ1) is 11.5. The molecule has 0 atom stereocenters. The number of hydrogen-bond donors (Lipinski definition) is 0. The second-order valence-corrected chi connectivity index (χ2v) is 3.47. The van der Waals surface area contributed by atoms with Gasteiger partial charge in [-0.25, -0.2) is 13.8 Å². The molecule has 0 aliphatic carbocycles. The zero-order valence-corrected chi connectivity index (χ0v) is 9.15. The van der Waals surface area contributed by atoms with Crippen molar-refractivity contribution < 1.29 is 13.6 Å². The molecule has 0 saturated heterocycles. The van der Waals surface area contributed by atoms with E-state index in [1.165, 1.54) is 0 Å². The van der Waals surface area contributed by atoms with Gasteiger partial charge in [0.25, 0.3) is 6.43 Å². The summed E-state index contributed by atoms with van der Waals surface area (Å²) >= 11 is 8.42. The van der Waals surface area contributed by atoms with Gasteiger partial charge in [-0.15, -0.1) is 11.6 Å². The molecule has 0 radical (unpaired) electrons. The summed E-state index contributed by atoms with van der Waals surface area (Å²) in [5, 5.41) is 0. The van der Waals surface area contributed by atoms with Gasteiger partial charge in [0.2, 0.25) is 0 Å². The fraction of sp³-hybridized carbons (Fsp3) is 0.250. The summed E-state index contributed by atoms with van der Waals surface area (Å²) in [6, 6.07) is 1.09. The maximum absolute atomic E-state index is 12.4. The first-order valence-electron chi connectivity index (χ1n) is 3.58. The van der Waals surface area contributed by atoms with E-state index in [2.05, 4.69) is 20.9 Å². The Morgan fingerprint density at radius 3 is 2.71 bits per heavy atom. The monoisotopic (exact) mass is 283 g/mol. The Hall–Kier alpha value is -0.550. The number of aldehydes is 1. The molecule has 14 heavy (non-hydrogen) atoms. The van der Waals surface area contributed by atoms with Crippen molar-refractivity contribution in [3.05, 3.63) is 27.5 Å². The van der Waals surface area contributed by atoms with Gasteiger partial charge in [0.1, 0.15) is 4.60 Å². The first-order valence-corrected chi connectivity index (χ1v) is 4.91. The quantitative estimate of drug-likeness (QED) is 0.484. The van der Waals surface area contributed by atoms with E-state index in [4.69, 9.17) is 11.6 Å². The topological polar surface area (TPSA) is 30.0 Å². The molecule has 76 valence electrons. The van der Waals surface area contributed by atoms with Crippen LogP contribution in [0, 0.1) is 0 Å². The fourth-order valence-electron chi connectivity index (χ4n) is 0.937. The number of carbonyl (C=O) groups excluding carboxylic acids is 1. The number of carbonyl (C=O) groups is 1. The second-order valence-electron chi connectivity index (χ2n) is 2.46. The number of halogens is 4. The lowest BCUT2D eigenvalue weighted by atomic mass is 10.1. The highest BCUT2D eigenvalue weighted by atomic mass is 79.9. The Balaban J connectivity index is 3.32. The van der Waals surface area contributed by atoms with Crippen LogP contribution in [0.25, 0.3) is 0 Å². The molecule has 0 N–H and O–H groups in total. The molecule has 1 aromatic heterocycles. The van der Waals surface area contributed by atoms with Crippen LogP contribution >= 0.6 is 27.5 Å². The number of nitrogens with zero attached hydrogens (tertiary/aromatic N) is 1. The van der Waals surface area contributed by atoms with Crippen molar-refractivity contribution in [1.29, 1.82) is 0 Å². The lowest BCUT2D eigenvalue weighted by Crippen LogP contribution is -2.00. The smallest absolute Gasteiger partial charge is 0.265 e. The molecule has 0 amide bonds. The van der Waals surface area contributed by atoms with Crippen LogP contribution in [0.1, 0.15) is 28.0 Å². The average molecular weight is 284 g/mol. The summed E-state index contributed by atoms with van der Waals surface area (Å²) in [4.78, 5) is 14.2. The van der Waals surface area contributed by atoms with Crippen molar-refractivity contribution in [3.8, 4) is 0 Å². The summed E-state index contributed by atoms with van der Waals surface area (Å²) in [6.07, 6.45) is -2.22. The SMILES string of the molecule is O=Cc1cc(C(F)F)c(CCl)nc1Br. The highest BCUT2D eigenvalue weighted by molar-refractivity contribution is 9.10. The zero-order chi connectivity index (χ0) is 10.7. The van der Waals surface area contributed by atoms with Crippen molar-refractivity contribution in [3.63, 3.8) is 0 Å². The molecule has 0 aromatic carbocycles. The van der Waals surface area contributed by atoms with Gasteiger partial charge in [-0.05, 0) is 22.0 Å². The molecule has 0 bridgehead atoms. The van der Waals surface area contributed by atoms with Gasteiger partial charge < -0.3 is 0 Å². The predicted molar refractivity (Wildman–Crippen MR) is 51.8 cm³/mol. The molecule has 0 aliphatic heterocycles. The van der Waals surface area contributed by atoms with Crippen LogP contribution in [0.2, 0.25) is 0 Å². The number of alkyl halides is 3. The zero-order valence-electron chi connectivity index (χ0n) is 6.81. The van der Waals surface area contributed by atoms with Gasteiger partial charge in [0.15, 0.2) is 6.29 Å². The van der Waals surface area contributed by atoms with Crippen LogP contribution < -0.4 is 0 Å². The molecule has 2 nitrogen and oxygen atoms in total. The van der Waals surface area contributed by atoms with Crippen molar-refractivity contribution in [2.24, 2.45) is 0 Å². The van der Waals surface area contributed by atoms with E-state index in [1.54, 1.807) is 0 Å². The van der Waals surface area contributed by atoms with E-state index in [-0.39, 0.29) is 27.3 Å². The summed E-state index contributed by atoms with van der Waals surface area (Å²) < 4.78 is 25.1. The van der Waals surface area contributed by atoms with E-state index >= 15 is 0 Å². The van der Waals surface area contributed by atoms with Gasteiger partial charge in [0.05, 0.1) is 11.6 Å². The highest BCUT2D eigenvalue weighted by Crippen LogP contribution is 2.26. The fourth-order valence-corrected chi connectivity index (χ4v) is 1.57. The van der Waals surface area contributed by atoms with Crippen LogP contribution in [0.5, 0.6) is 0 Å². The Bertz CT molecular complexity index is 359. The lowest BCUT2D eigenvalue weighted by Gasteiger charge is -2.07. The minimum absolute atomic E-state index is 0.0825. The Kier molecular flexibility index (Phi) is 3.95. The molecule has 6 heteroatoms. The van der Waals surface area contributed by atoms with Crippen LogP contribution in [0.4, 0.5) is 8.78 Å². The molecule has 0 fully saturated rings. The Morgan fingerprint density at radius 2 is 2.29 bits per heavy atom. The van der Waals surface area contributed by atoms with E-state index in [0.717, 1.165) is 6.07 Å². The number of pyridine rings is 1. The molecule has 0 aliphatic rings. The first-order chi connectivity index (χ1) is 6.60. The molecular formula is C8H5BrClF2NO. The predicted octanol–water partition coefficient (Wildman–Crippen LogP) is 3.33. The van der Waals surface area contributed by atoms with Crippen LogP contribution in [-0.4, -0.2) is 11.3 Å². The molecule has 0 unspecified atom stereocenters. The molecule has 1 aromatic rings. The molecule has 0 spiro atoms. The van der Waals surface area contributed by atoms with Gasteiger partial charge in [-0.3, -0.25) is 4.79 Å². The van der Waals surface area contributed by atoms with Crippen molar-refractivity contribution in [2.45, 2.75) is 12.3 Å². The van der Waals surface area contributed by atoms with Gasteiger partial charge >= 0.3 is 0 Å². The van der Waals surface area contributed by atoms with E-state index in [0.29, 0.717) is 6.29 Å². The van der Waals surface area contributed by atoms with Crippen LogP contribution in [0.15, 0.2) is 10.7 Å². The minimum atomic E-state index is -2.68. The van der Waals surface area contributed by atoms with E-state index in [9.17, 15) is 13.6 Å². The molecule has 1 heterocycles. The third kappa shape index (κ3) is 2.27. The van der Waals surface area contributed by atoms with Crippen molar-refractivity contribution >= 4 is 33.8 Å². The largest absolute Gasteiger partial charge is 0.298 e. The lowest BCUT2D eigenvalue weighted by molar-refractivity contribution is 0.112. The summed E-state index contributed by atoms with van der Waals surface area (Å²) in [7, 11) is 0. The molecule has 0 saturated carbocycles. The maximum atomic E-state index is 12.4. The standard InChI is InChI=1S/C8H5BrClF2NO/c9-7-4(3-14)1-5(8(11)12)6(2-10)13-7/h1,3,8H,2H2. The Morgan fingerprint density at radius 1 is 1.64 bits per heavy atom. The Labute approximate surface area is 92.4 Å². The normalized spacial score (nSPS) is 10.6. The van der Waals surface area contributed by atoms with Crippen molar-refractivity contribution in [2.75, 3.05) is 0 Å². The summed E-state index contributed by atoms with van der Waals surface area (Å²) in [6.45, 7) is 0. The number of rotatable bonds is 3. The summed E-state index contributed by atoms with van der Waals surface area (Å²) in [5.74, 6) is -0.114. The van der Waals surface area contributed by atoms with Gasteiger partial charge in [-0.1, -0.05) is 0 Å². The van der Waals surface area contributed by atoms with Crippen LogP contribution in [-0.2, 0) is 5.88 Å². The average Bonchev–Trinajstić information content (AvgIpc) is 2.16. The van der Waals surface area contributed by atoms with Gasteiger partial charge in [-0.2, -0.15) is 0 Å². The second kappa shape index (κ2) is 4.79. The van der Waals surface area contributed by atoms with E-state index in [1.807, 2.05) is 0 Å². The van der Waals surface area contributed by atoms with E-state index < -0.39 is 6.43 Å². The number of hydrogen-bond acceptors (Lipinski definition) is 2. The van der Waals surface area contributed by atoms with Gasteiger partial charge in [0, 0.05) is 11.1 Å². The third-order valence-electron chi connectivity index (χ3n) is 1.60. The van der Waals surface area contributed by atoms with Crippen LogP contribution in [0.3, 0.4) is 0 Å². The molecule has 1 rings (SSSR count). The summed E-state index contributed by atoms with van der Waals surface area (Å²) in [5.41, 5.74) is -0.126. The van der Waals surface area contributed by atoms with Crippen molar-refractivity contribution in [1.82, 2.24) is 4.98 Å².